The fourth-order valence-corrected chi connectivity index (χ4v) is 2.12. The number of aryl methyl sites for hydroxylation is 1. The average Bonchev–Trinajstić information content (AvgIpc) is 2.31. The van der Waals surface area contributed by atoms with Gasteiger partial charge in [-0.3, -0.25) is 0 Å². The zero-order chi connectivity index (χ0) is 13.3. The number of benzene rings is 2. The third-order valence-electron chi connectivity index (χ3n) is 2.56. The first-order valence-electron chi connectivity index (χ1n) is 5.25. The van der Waals surface area contributed by atoms with E-state index in [-0.39, 0.29) is 10.0 Å². The molecular formula is C13H11Cl2FN2. The van der Waals surface area contributed by atoms with E-state index in [0.717, 1.165) is 11.3 Å². The normalized spacial score (nSPS) is 10.4. The Morgan fingerprint density at radius 3 is 2.33 bits per heavy atom. The smallest absolute Gasteiger partial charge is 0.160 e. The second-order valence-corrected chi connectivity index (χ2v) is 4.73. The number of rotatable bonds is 2. The lowest BCUT2D eigenvalue weighted by atomic mass is 10.1. The molecule has 0 bridgehead atoms. The van der Waals surface area contributed by atoms with Crippen LogP contribution in [0.25, 0.3) is 0 Å². The van der Waals surface area contributed by atoms with Gasteiger partial charge in [-0.2, -0.15) is 0 Å². The first-order chi connectivity index (χ1) is 8.49. The molecule has 3 N–H and O–H groups in total. The van der Waals surface area contributed by atoms with Crippen molar-refractivity contribution in [3.63, 3.8) is 0 Å². The topological polar surface area (TPSA) is 38.0 Å². The molecule has 94 valence electrons. The number of hydrogen-bond acceptors (Lipinski definition) is 2. The Morgan fingerprint density at radius 2 is 1.78 bits per heavy atom. The van der Waals surface area contributed by atoms with Crippen molar-refractivity contribution in [3.8, 4) is 0 Å². The maximum absolute atomic E-state index is 13.3. The third-order valence-corrected chi connectivity index (χ3v) is 3.11. The van der Waals surface area contributed by atoms with Crippen LogP contribution in [0.15, 0.2) is 30.3 Å². The van der Waals surface area contributed by atoms with E-state index in [4.69, 9.17) is 28.9 Å². The average molecular weight is 285 g/mol. The molecule has 2 nitrogen and oxygen atoms in total. The molecule has 2 aromatic carbocycles. The number of para-hydroxylation sites is 1. The Morgan fingerprint density at radius 1 is 1.17 bits per heavy atom. The van der Waals surface area contributed by atoms with E-state index in [1.807, 2.05) is 19.1 Å². The standard InChI is InChI=1S/C13H11Cl2FN2/c1-7-3-2-4-11(17)13(7)18-8-5-9(14)12(16)10(15)6-8/h2-6,18H,17H2,1H3. The molecule has 0 aliphatic rings. The van der Waals surface area contributed by atoms with Crippen molar-refractivity contribution >= 4 is 40.3 Å². The van der Waals surface area contributed by atoms with Gasteiger partial charge in [-0.05, 0) is 30.7 Å². The molecule has 2 rings (SSSR count). The molecule has 0 aliphatic heterocycles. The Labute approximate surface area is 115 Å². The van der Waals surface area contributed by atoms with Gasteiger partial charge < -0.3 is 11.1 Å². The van der Waals surface area contributed by atoms with Gasteiger partial charge in [0.25, 0.3) is 0 Å². The zero-order valence-electron chi connectivity index (χ0n) is 9.60. The summed E-state index contributed by atoms with van der Waals surface area (Å²) in [6, 6.07) is 8.50. The number of anilines is 3. The SMILES string of the molecule is Cc1cccc(N)c1Nc1cc(Cl)c(F)c(Cl)c1. The second-order valence-electron chi connectivity index (χ2n) is 3.92. The predicted octanol–water partition coefficient (Wildman–Crippen LogP) is 4.77. The summed E-state index contributed by atoms with van der Waals surface area (Å²) in [5.74, 6) is -0.623. The largest absolute Gasteiger partial charge is 0.397 e. The first kappa shape index (κ1) is 13.0. The summed E-state index contributed by atoms with van der Waals surface area (Å²) in [6.45, 7) is 1.92. The van der Waals surface area contributed by atoms with Crippen LogP contribution in [-0.4, -0.2) is 0 Å². The van der Waals surface area contributed by atoms with E-state index in [9.17, 15) is 4.39 Å². The van der Waals surface area contributed by atoms with Crippen molar-refractivity contribution in [1.82, 2.24) is 0 Å². The molecule has 18 heavy (non-hydrogen) atoms. The van der Waals surface area contributed by atoms with Crippen molar-refractivity contribution in [2.75, 3.05) is 11.1 Å². The minimum atomic E-state index is -0.623. The van der Waals surface area contributed by atoms with E-state index in [1.54, 1.807) is 6.07 Å². The van der Waals surface area contributed by atoms with Crippen molar-refractivity contribution in [1.29, 1.82) is 0 Å². The molecule has 0 aliphatic carbocycles. The van der Waals surface area contributed by atoms with Gasteiger partial charge in [-0.15, -0.1) is 0 Å². The summed E-state index contributed by atoms with van der Waals surface area (Å²) in [5.41, 5.74) is 8.80. The van der Waals surface area contributed by atoms with Gasteiger partial charge in [0.2, 0.25) is 0 Å². The molecule has 5 heteroatoms. The Bertz CT molecular complexity index is 556. The molecule has 0 unspecified atom stereocenters. The lowest BCUT2D eigenvalue weighted by Crippen LogP contribution is -1.99. The molecule has 0 fully saturated rings. The molecule has 2 aromatic rings. The van der Waals surface area contributed by atoms with Gasteiger partial charge in [-0.1, -0.05) is 35.3 Å². The Kier molecular flexibility index (Phi) is 3.64. The number of nitrogens with one attached hydrogen (secondary N) is 1. The van der Waals surface area contributed by atoms with E-state index in [1.165, 1.54) is 12.1 Å². The molecule has 0 saturated carbocycles. The van der Waals surface area contributed by atoms with Gasteiger partial charge in [0.05, 0.1) is 21.4 Å². The van der Waals surface area contributed by atoms with Crippen LogP contribution >= 0.6 is 23.2 Å². The molecule has 0 heterocycles. The quantitative estimate of drug-likeness (QED) is 0.616. The first-order valence-corrected chi connectivity index (χ1v) is 6.01. The number of halogens is 3. The van der Waals surface area contributed by atoms with Crippen LogP contribution in [0, 0.1) is 12.7 Å². The molecule has 0 radical (unpaired) electrons. The van der Waals surface area contributed by atoms with E-state index in [0.29, 0.717) is 11.4 Å². The van der Waals surface area contributed by atoms with Crippen LogP contribution in [0.3, 0.4) is 0 Å². The Hall–Kier alpha value is -1.45. The van der Waals surface area contributed by atoms with Crippen LogP contribution < -0.4 is 11.1 Å². The van der Waals surface area contributed by atoms with Crippen LogP contribution in [0.5, 0.6) is 0 Å². The minimum Gasteiger partial charge on any atom is -0.397 e. The number of hydrogen-bond donors (Lipinski definition) is 2. The molecule has 0 amide bonds. The van der Waals surface area contributed by atoms with Gasteiger partial charge in [0.1, 0.15) is 0 Å². The minimum absolute atomic E-state index is 0.0304. The summed E-state index contributed by atoms with van der Waals surface area (Å²) in [7, 11) is 0. The van der Waals surface area contributed by atoms with Crippen LogP contribution in [0.1, 0.15) is 5.56 Å². The lowest BCUT2D eigenvalue weighted by molar-refractivity contribution is 0.629. The second kappa shape index (κ2) is 5.04. The van der Waals surface area contributed by atoms with E-state index in [2.05, 4.69) is 5.32 Å². The van der Waals surface area contributed by atoms with Crippen LogP contribution in [0.4, 0.5) is 21.5 Å². The molecule has 0 aromatic heterocycles. The molecule has 0 saturated heterocycles. The predicted molar refractivity (Wildman–Crippen MR) is 75.3 cm³/mol. The monoisotopic (exact) mass is 284 g/mol. The summed E-state index contributed by atoms with van der Waals surface area (Å²) >= 11 is 11.5. The van der Waals surface area contributed by atoms with Crippen molar-refractivity contribution in [3.05, 3.63) is 51.8 Å². The lowest BCUT2D eigenvalue weighted by Gasteiger charge is -2.13. The van der Waals surface area contributed by atoms with Gasteiger partial charge in [0, 0.05) is 5.69 Å². The summed E-state index contributed by atoms with van der Waals surface area (Å²) in [5, 5.41) is 3.03. The van der Waals surface area contributed by atoms with Crippen molar-refractivity contribution < 1.29 is 4.39 Å². The Balaban J connectivity index is 2.41. The molecule has 0 atom stereocenters. The fourth-order valence-electron chi connectivity index (χ4n) is 1.63. The summed E-state index contributed by atoms with van der Waals surface area (Å²) in [4.78, 5) is 0. The molecular weight excluding hydrogens is 274 g/mol. The highest BCUT2D eigenvalue weighted by atomic mass is 35.5. The highest BCUT2D eigenvalue weighted by molar-refractivity contribution is 6.35. The van der Waals surface area contributed by atoms with Gasteiger partial charge in [0.15, 0.2) is 5.82 Å². The van der Waals surface area contributed by atoms with Crippen molar-refractivity contribution in [2.45, 2.75) is 6.92 Å². The number of nitrogen functional groups attached to an aromatic ring is 1. The highest BCUT2D eigenvalue weighted by Crippen LogP contribution is 2.31. The molecule has 0 spiro atoms. The van der Waals surface area contributed by atoms with Gasteiger partial charge >= 0.3 is 0 Å². The van der Waals surface area contributed by atoms with E-state index >= 15 is 0 Å². The van der Waals surface area contributed by atoms with Crippen LogP contribution in [0.2, 0.25) is 10.0 Å². The zero-order valence-corrected chi connectivity index (χ0v) is 11.1. The summed E-state index contributed by atoms with van der Waals surface area (Å²) < 4.78 is 13.3. The van der Waals surface area contributed by atoms with Crippen LogP contribution in [-0.2, 0) is 0 Å². The summed E-state index contributed by atoms with van der Waals surface area (Å²) in [6.07, 6.45) is 0. The maximum Gasteiger partial charge on any atom is 0.160 e. The maximum atomic E-state index is 13.3. The number of nitrogens with two attached hydrogens (primary N) is 1. The van der Waals surface area contributed by atoms with Crippen molar-refractivity contribution in [2.24, 2.45) is 0 Å². The highest BCUT2D eigenvalue weighted by Gasteiger charge is 2.09. The third kappa shape index (κ3) is 2.52. The fraction of sp³-hybridized carbons (Fsp3) is 0.0769. The van der Waals surface area contributed by atoms with Gasteiger partial charge in [-0.25, -0.2) is 4.39 Å². The van der Waals surface area contributed by atoms with E-state index < -0.39 is 5.82 Å².